The van der Waals surface area contributed by atoms with Crippen LogP contribution in [-0.4, -0.2) is 44.3 Å². The number of nitrogens with two attached hydrogens (primary N) is 2. The molecule has 0 spiro atoms. The van der Waals surface area contributed by atoms with Gasteiger partial charge < -0.3 is 31.9 Å². The van der Waals surface area contributed by atoms with Crippen molar-refractivity contribution < 1.29 is 30.0 Å². The Balaban J connectivity index is 4.77. The van der Waals surface area contributed by atoms with Crippen LogP contribution in [0.2, 0.25) is 0 Å². The Morgan fingerprint density at radius 2 is 1.38 bits per heavy atom. The van der Waals surface area contributed by atoms with Crippen LogP contribution in [0, 0.1) is 5.92 Å². The number of aliphatic hydroxyl groups excluding tert-OH is 1. The molecule has 8 heteroatoms. The zero-order chi connectivity index (χ0) is 10.8. The first-order valence-electron chi connectivity index (χ1n) is 3.11. The summed E-state index contributed by atoms with van der Waals surface area (Å²) in [4.78, 5) is 20.9. The molecule has 1 unspecified atom stereocenters. The fraction of sp³-hybridized carbons (Fsp3) is 0.600. The number of rotatable bonds is 4. The van der Waals surface area contributed by atoms with Crippen molar-refractivity contribution in [3.05, 3.63) is 0 Å². The number of primary amides is 2. The molecule has 1 atom stereocenters. The highest BCUT2D eigenvalue weighted by atomic mass is 16.7. The average Bonchev–Trinajstić information content (AvgIpc) is 1.82. The molecule has 8 N–H and O–H groups in total. The number of hydrogen-bond donors (Lipinski definition) is 6. The molecule has 0 bridgehead atoms. The maximum atomic E-state index is 10.5. The topological polar surface area (TPSA) is 167 Å². The van der Waals surface area contributed by atoms with Gasteiger partial charge in [0.05, 0.1) is 0 Å². The van der Waals surface area contributed by atoms with Gasteiger partial charge in [-0.1, -0.05) is 0 Å². The summed E-state index contributed by atoms with van der Waals surface area (Å²) in [5, 5.41) is 34.0. The first kappa shape index (κ1) is 11.8. The van der Waals surface area contributed by atoms with E-state index in [0.717, 1.165) is 0 Å². The van der Waals surface area contributed by atoms with E-state index in [-0.39, 0.29) is 0 Å². The van der Waals surface area contributed by atoms with E-state index in [2.05, 4.69) is 11.5 Å². The molecular formula is C5H10N2O6. The molecule has 0 heterocycles. The molecule has 0 saturated heterocycles. The minimum absolute atomic E-state index is 1.37. The second-order valence-corrected chi connectivity index (χ2v) is 2.41. The van der Waals surface area contributed by atoms with E-state index in [4.69, 9.17) is 20.4 Å². The van der Waals surface area contributed by atoms with Crippen LogP contribution >= 0.6 is 0 Å². The molecule has 0 saturated carbocycles. The van der Waals surface area contributed by atoms with E-state index in [1.165, 1.54) is 0 Å². The van der Waals surface area contributed by atoms with Crippen LogP contribution in [0.3, 0.4) is 0 Å². The Labute approximate surface area is 72.4 Å². The molecule has 0 aliphatic carbocycles. The quantitative estimate of drug-likeness (QED) is 0.195. The smallest absolute Gasteiger partial charge is 0.304 e. The molecule has 0 aliphatic rings. The van der Waals surface area contributed by atoms with Gasteiger partial charge in [-0.05, 0) is 0 Å². The maximum Gasteiger partial charge on any atom is 0.304 e. The summed E-state index contributed by atoms with van der Waals surface area (Å²) in [5.41, 5.74) is 9.20. The van der Waals surface area contributed by atoms with Crippen molar-refractivity contribution in [1.82, 2.24) is 0 Å². The largest absolute Gasteiger partial charge is 0.383 e. The summed E-state index contributed by atoms with van der Waals surface area (Å²) in [7, 11) is 0. The maximum absolute atomic E-state index is 10.5. The van der Waals surface area contributed by atoms with Crippen molar-refractivity contribution in [2.75, 3.05) is 0 Å². The monoisotopic (exact) mass is 194 g/mol. The van der Waals surface area contributed by atoms with Crippen LogP contribution in [0.1, 0.15) is 0 Å². The molecule has 0 rings (SSSR count). The molecule has 0 aromatic rings. The van der Waals surface area contributed by atoms with Crippen LogP contribution in [0.5, 0.6) is 0 Å². The van der Waals surface area contributed by atoms with Gasteiger partial charge in [0.1, 0.15) is 5.92 Å². The average molecular weight is 194 g/mol. The van der Waals surface area contributed by atoms with Crippen LogP contribution in [0.25, 0.3) is 0 Å². The Morgan fingerprint density at radius 3 is 1.46 bits per heavy atom. The van der Waals surface area contributed by atoms with E-state index < -0.39 is 29.8 Å². The lowest BCUT2D eigenvalue weighted by atomic mass is 9.99. The molecule has 0 fully saturated rings. The van der Waals surface area contributed by atoms with E-state index in [1.54, 1.807) is 0 Å². The van der Waals surface area contributed by atoms with Gasteiger partial charge in [0.2, 0.25) is 11.8 Å². The highest BCUT2D eigenvalue weighted by Crippen LogP contribution is 2.12. The van der Waals surface area contributed by atoms with E-state index >= 15 is 0 Å². The Hall–Kier alpha value is -1.22. The minimum Gasteiger partial charge on any atom is -0.383 e. The van der Waals surface area contributed by atoms with Gasteiger partial charge in [-0.3, -0.25) is 9.59 Å². The van der Waals surface area contributed by atoms with Gasteiger partial charge in [-0.25, -0.2) is 0 Å². The van der Waals surface area contributed by atoms with Crippen LogP contribution in [0.15, 0.2) is 0 Å². The molecule has 0 aromatic carbocycles. The van der Waals surface area contributed by atoms with Crippen molar-refractivity contribution in [1.29, 1.82) is 0 Å². The van der Waals surface area contributed by atoms with Gasteiger partial charge in [-0.15, -0.1) is 0 Å². The molecule has 0 radical (unpaired) electrons. The van der Waals surface area contributed by atoms with Gasteiger partial charge in [0.25, 0.3) is 0 Å². The zero-order valence-corrected chi connectivity index (χ0v) is 6.41. The summed E-state index contributed by atoms with van der Waals surface area (Å²) in [6.07, 6.45) is -2.48. The molecule has 8 nitrogen and oxygen atoms in total. The zero-order valence-electron chi connectivity index (χ0n) is 6.41. The molecule has 13 heavy (non-hydrogen) atoms. The van der Waals surface area contributed by atoms with Crippen molar-refractivity contribution in [3.8, 4) is 0 Å². The molecule has 0 aromatic heterocycles. The number of carbonyl (C=O) groups is 2. The molecular weight excluding hydrogens is 184 g/mol. The SMILES string of the molecule is NC(=O)C(C(N)=O)C(O)C(O)(O)O. The standard InChI is InChI=1S/C5H10N2O6/c6-3(9)1(4(7)10)2(8)5(11,12)13/h1-2,8,11-13H,(H2,6,9)(H2,7,10). The summed E-state index contributed by atoms with van der Waals surface area (Å²) in [6.45, 7) is 0. The van der Waals surface area contributed by atoms with Crippen molar-refractivity contribution in [2.24, 2.45) is 17.4 Å². The van der Waals surface area contributed by atoms with Crippen LogP contribution < -0.4 is 11.5 Å². The predicted octanol–water partition coefficient (Wildman–Crippen LogP) is -4.44. The number of carbonyl (C=O) groups excluding carboxylic acids is 2. The summed E-state index contributed by atoms with van der Waals surface area (Å²) in [6, 6.07) is 0. The number of amides is 2. The molecule has 2 amide bonds. The third-order valence-electron chi connectivity index (χ3n) is 1.33. The highest BCUT2D eigenvalue weighted by molar-refractivity contribution is 5.99. The van der Waals surface area contributed by atoms with Crippen molar-refractivity contribution >= 4 is 11.8 Å². The second kappa shape index (κ2) is 3.66. The Morgan fingerprint density at radius 1 is 1.08 bits per heavy atom. The lowest BCUT2D eigenvalue weighted by molar-refractivity contribution is -0.358. The first-order valence-corrected chi connectivity index (χ1v) is 3.11. The Kier molecular flexibility index (Phi) is 3.32. The predicted molar refractivity (Wildman–Crippen MR) is 37.3 cm³/mol. The number of hydrogen-bond acceptors (Lipinski definition) is 6. The minimum atomic E-state index is -3.60. The van der Waals surface area contributed by atoms with Gasteiger partial charge >= 0.3 is 5.97 Å². The number of aliphatic hydroxyl groups is 4. The fourth-order valence-corrected chi connectivity index (χ4v) is 0.675. The fourth-order valence-electron chi connectivity index (χ4n) is 0.675. The highest BCUT2D eigenvalue weighted by Gasteiger charge is 2.43. The summed E-state index contributed by atoms with van der Waals surface area (Å²) in [5.74, 6) is -8.42. The first-order chi connectivity index (χ1) is 5.68. The van der Waals surface area contributed by atoms with Crippen molar-refractivity contribution in [2.45, 2.75) is 12.1 Å². The summed E-state index contributed by atoms with van der Waals surface area (Å²) < 4.78 is 0. The second-order valence-electron chi connectivity index (χ2n) is 2.41. The van der Waals surface area contributed by atoms with E-state index in [0.29, 0.717) is 0 Å². The molecule has 0 aliphatic heterocycles. The lowest BCUT2D eigenvalue weighted by Crippen LogP contribution is -2.54. The lowest BCUT2D eigenvalue weighted by Gasteiger charge is -2.24. The molecule has 76 valence electrons. The van der Waals surface area contributed by atoms with Gasteiger partial charge in [-0.2, -0.15) is 0 Å². The van der Waals surface area contributed by atoms with E-state index in [9.17, 15) is 9.59 Å². The third kappa shape index (κ3) is 2.95. The summed E-state index contributed by atoms with van der Waals surface area (Å²) >= 11 is 0. The van der Waals surface area contributed by atoms with Crippen LogP contribution in [-0.2, 0) is 9.59 Å². The van der Waals surface area contributed by atoms with E-state index in [1.807, 2.05) is 0 Å². The van der Waals surface area contributed by atoms with Gasteiger partial charge in [0, 0.05) is 0 Å². The van der Waals surface area contributed by atoms with Crippen molar-refractivity contribution in [3.63, 3.8) is 0 Å². The van der Waals surface area contributed by atoms with Gasteiger partial charge in [0.15, 0.2) is 6.10 Å². The van der Waals surface area contributed by atoms with Crippen LogP contribution in [0.4, 0.5) is 0 Å². The normalized spacial score (nSPS) is 14.2. The third-order valence-corrected chi connectivity index (χ3v) is 1.33. The Bertz CT molecular complexity index is 208.